The molecule has 0 fully saturated rings. The van der Waals surface area contributed by atoms with Gasteiger partial charge in [-0.15, -0.1) is 11.3 Å². The molecule has 0 saturated heterocycles. The molecule has 37 heavy (non-hydrogen) atoms. The normalized spacial score (nSPS) is 13.5. The van der Waals surface area contributed by atoms with Crippen molar-refractivity contribution in [2.24, 2.45) is 4.99 Å². The fourth-order valence-corrected chi connectivity index (χ4v) is 5.72. The van der Waals surface area contributed by atoms with Gasteiger partial charge in [0, 0.05) is 30.1 Å². The summed E-state index contributed by atoms with van der Waals surface area (Å²) in [4.78, 5) is 32.6. The standard InChI is InChI=1S/C29H26N2O5S/c1-2-35-29(34)26-23-14-15-31(17-19-8-4-3-5-9-19)18-25(23)37-27(26)30-16-20-12-13-24(36-20)21-10-6-7-11-22(21)28(32)33/h3-13,16H,2,14-15,17-18H2,1H3,(H,32,33). The first-order valence-corrected chi connectivity index (χ1v) is 12.9. The first kappa shape index (κ1) is 24.7. The fraction of sp³-hybridized carbons (Fsp3) is 0.207. The minimum Gasteiger partial charge on any atom is -0.478 e. The lowest BCUT2D eigenvalue weighted by Gasteiger charge is -2.27. The number of carboxylic acids is 1. The van der Waals surface area contributed by atoms with Crippen LogP contribution in [-0.2, 0) is 24.2 Å². The smallest absolute Gasteiger partial charge is 0.341 e. The molecule has 8 heteroatoms. The summed E-state index contributed by atoms with van der Waals surface area (Å²) in [6.45, 7) is 4.52. The molecule has 0 amide bonds. The summed E-state index contributed by atoms with van der Waals surface area (Å²) in [6, 6.07) is 20.5. The largest absolute Gasteiger partial charge is 0.478 e. The molecule has 2 aromatic heterocycles. The zero-order valence-corrected chi connectivity index (χ0v) is 21.2. The molecule has 0 radical (unpaired) electrons. The molecule has 0 saturated carbocycles. The van der Waals surface area contributed by atoms with E-state index >= 15 is 0 Å². The zero-order chi connectivity index (χ0) is 25.8. The molecule has 1 N–H and O–H groups in total. The van der Waals surface area contributed by atoms with E-state index in [1.54, 1.807) is 43.5 Å². The lowest BCUT2D eigenvalue weighted by Crippen LogP contribution is -2.29. The number of ether oxygens (including phenoxy) is 1. The van der Waals surface area contributed by atoms with Crippen molar-refractivity contribution in [1.82, 2.24) is 4.90 Å². The maximum atomic E-state index is 12.9. The van der Waals surface area contributed by atoms with Gasteiger partial charge < -0.3 is 14.3 Å². The molecule has 4 aromatic rings. The molecule has 5 rings (SSSR count). The number of carbonyl (C=O) groups is 2. The van der Waals surface area contributed by atoms with E-state index in [4.69, 9.17) is 9.15 Å². The molecule has 0 atom stereocenters. The third kappa shape index (κ3) is 5.40. The number of carboxylic acid groups (broad SMARTS) is 1. The third-order valence-electron chi connectivity index (χ3n) is 6.20. The van der Waals surface area contributed by atoms with E-state index in [0.717, 1.165) is 36.5 Å². The van der Waals surface area contributed by atoms with Crippen LogP contribution in [0.4, 0.5) is 5.00 Å². The Kier molecular flexibility index (Phi) is 7.30. The van der Waals surface area contributed by atoms with E-state index in [9.17, 15) is 14.7 Å². The van der Waals surface area contributed by atoms with E-state index in [1.165, 1.54) is 23.0 Å². The summed E-state index contributed by atoms with van der Waals surface area (Å²) in [5, 5.41) is 10.1. The molecule has 0 unspecified atom stereocenters. The second kappa shape index (κ2) is 10.9. The van der Waals surface area contributed by atoms with E-state index in [0.29, 0.717) is 27.6 Å². The molecule has 0 aliphatic carbocycles. The number of esters is 1. The quantitative estimate of drug-likeness (QED) is 0.223. The molecule has 1 aliphatic rings. The molecule has 7 nitrogen and oxygen atoms in total. The van der Waals surface area contributed by atoms with Gasteiger partial charge in [0.05, 0.1) is 23.9 Å². The number of nitrogens with zero attached hydrogens (tertiary/aromatic N) is 2. The van der Waals surface area contributed by atoms with Gasteiger partial charge in [-0.05, 0) is 42.7 Å². The Balaban J connectivity index is 1.41. The van der Waals surface area contributed by atoms with Crippen molar-refractivity contribution in [3.05, 3.63) is 99.6 Å². The lowest BCUT2D eigenvalue weighted by molar-refractivity contribution is 0.0525. The van der Waals surface area contributed by atoms with Gasteiger partial charge in [0.15, 0.2) is 0 Å². The number of hydrogen-bond acceptors (Lipinski definition) is 7. The minimum atomic E-state index is -1.02. The van der Waals surface area contributed by atoms with Gasteiger partial charge >= 0.3 is 11.9 Å². The number of benzene rings is 2. The van der Waals surface area contributed by atoms with Gasteiger partial charge in [0.25, 0.3) is 0 Å². The Bertz CT molecular complexity index is 1450. The molecule has 0 spiro atoms. The highest BCUT2D eigenvalue weighted by Crippen LogP contribution is 2.40. The molecular weight excluding hydrogens is 488 g/mol. The van der Waals surface area contributed by atoms with Crippen LogP contribution < -0.4 is 0 Å². The highest BCUT2D eigenvalue weighted by Gasteiger charge is 2.28. The number of furan rings is 1. The summed E-state index contributed by atoms with van der Waals surface area (Å²) in [7, 11) is 0. The summed E-state index contributed by atoms with van der Waals surface area (Å²) >= 11 is 1.50. The van der Waals surface area contributed by atoms with Crippen molar-refractivity contribution in [2.45, 2.75) is 26.4 Å². The van der Waals surface area contributed by atoms with Crippen molar-refractivity contribution in [2.75, 3.05) is 13.2 Å². The van der Waals surface area contributed by atoms with Gasteiger partial charge in [-0.2, -0.15) is 0 Å². The predicted molar refractivity (Wildman–Crippen MR) is 143 cm³/mol. The SMILES string of the molecule is CCOC(=O)c1c(N=Cc2ccc(-c3ccccc3C(=O)O)o2)sc2c1CCN(Cc1ccccc1)C2. The van der Waals surface area contributed by atoms with E-state index in [2.05, 4.69) is 22.0 Å². The maximum Gasteiger partial charge on any atom is 0.341 e. The van der Waals surface area contributed by atoms with Gasteiger partial charge in [0.1, 0.15) is 16.5 Å². The molecule has 2 aromatic carbocycles. The van der Waals surface area contributed by atoms with Crippen molar-refractivity contribution < 1.29 is 23.8 Å². The summed E-state index contributed by atoms with van der Waals surface area (Å²) in [6.07, 6.45) is 2.31. The Morgan fingerprint density at radius 2 is 1.89 bits per heavy atom. The van der Waals surface area contributed by atoms with Crippen molar-refractivity contribution in [1.29, 1.82) is 0 Å². The van der Waals surface area contributed by atoms with E-state index < -0.39 is 5.97 Å². The molecule has 3 heterocycles. The first-order valence-electron chi connectivity index (χ1n) is 12.1. The maximum absolute atomic E-state index is 12.9. The number of aromatic carboxylic acids is 1. The Morgan fingerprint density at radius 3 is 2.68 bits per heavy atom. The summed E-state index contributed by atoms with van der Waals surface area (Å²) in [5.41, 5.74) is 3.45. The number of aliphatic imine (C=N–C) groups is 1. The van der Waals surface area contributed by atoms with Crippen molar-refractivity contribution in [3.8, 4) is 11.3 Å². The monoisotopic (exact) mass is 514 g/mol. The van der Waals surface area contributed by atoms with Gasteiger partial charge in [-0.1, -0.05) is 48.5 Å². The molecule has 1 aliphatic heterocycles. The lowest BCUT2D eigenvalue weighted by atomic mass is 10.0. The Morgan fingerprint density at radius 1 is 1.11 bits per heavy atom. The van der Waals surface area contributed by atoms with Crippen LogP contribution in [-0.4, -0.2) is 41.3 Å². The summed E-state index contributed by atoms with van der Waals surface area (Å²) in [5.74, 6) is -0.486. The average molecular weight is 515 g/mol. The molecule has 188 valence electrons. The van der Waals surface area contributed by atoms with Crippen LogP contribution in [0.15, 0.2) is 76.1 Å². The highest BCUT2D eigenvalue weighted by molar-refractivity contribution is 7.16. The number of hydrogen-bond donors (Lipinski definition) is 1. The number of fused-ring (bicyclic) bond motifs is 1. The predicted octanol–water partition coefficient (Wildman–Crippen LogP) is 6.19. The van der Waals surface area contributed by atoms with Gasteiger partial charge in [-0.25, -0.2) is 14.6 Å². The average Bonchev–Trinajstić information content (AvgIpc) is 3.52. The van der Waals surface area contributed by atoms with E-state index in [1.807, 2.05) is 18.2 Å². The van der Waals surface area contributed by atoms with Crippen LogP contribution in [0.3, 0.4) is 0 Å². The first-order chi connectivity index (χ1) is 18.0. The second-order valence-corrected chi connectivity index (χ2v) is 9.75. The second-order valence-electron chi connectivity index (χ2n) is 8.66. The van der Waals surface area contributed by atoms with Crippen LogP contribution in [0.1, 0.15) is 49.4 Å². The van der Waals surface area contributed by atoms with Crippen LogP contribution in [0, 0.1) is 0 Å². The van der Waals surface area contributed by atoms with Crippen molar-refractivity contribution in [3.63, 3.8) is 0 Å². The van der Waals surface area contributed by atoms with Crippen LogP contribution >= 0.6 is 11.3 Å². The Labute approximate surface area is 218 Å². The molecule has 0 bridgehead atoms. The zero-order valence-electron chi connectivity index (χ0n) is 20.3. The number of rotatable bonds is 8. The van der Waals surface area contributed by atoms with Gasteiger partial charge in [0.2, 0.25) is 0 Å². The minimum absolute atomic E-state index is 0.163. The van der Waals surface area contributed by atoms with Gasteiger partial charge in [-0.3, -0.25) is 4.90 Å². The Hall–Kier alpha value is -4.01. The van der Waals surface area contributed by atoms with Crippen LogP contribution in [0.25, 0.3) is 11.3 Å². The van der Waals surface area contributed by atoms with Crippen molar-refractivity contribution >= 4 is 34.5 Å². The third-order valence-corrected chi connectivity index (χ3v) is 7.33. The fourth-order valence-electron chi connectivity index (χ4n) is 4.50. The summed E-state index contributed by atoms with van der Waals surface area (Å²) < 4.78 is 11.2. The number of thiophene rings is 1. The van der Waals surface area contributed by atoms with E-state index in [-0.39, 0.29) is 18.1 Å². The highest BCUT2D eigenvalue weighted by atomic mass is 32.1. The number of carbonyl (C=O) groups excluding carboxylic acids is 1. The van der Waals surface area contributed by atoms with Crippen LogP contribution in [0.5, 0.6) is 0 Å². The topological polar surface area (TPSA) is 92.3 Å². The molecular formula is C29H26N2O5S. The van der Waals surface area contributed by atoms with Crippen LogP contribution in [0.2, 0.25) is 0 Å².